The second-order valence-corrected chi connectivity index (χ2v) is 10.2. The summed E-state index contributed by atoms with van der Waals surface area (Å²) in [5.41, 5.74) is 1.25. The van der Waals surface area contributed by atoms with Crippen LogP contribution in [0, 0.1) is 6.92 Å². The van der Waals surface area contributed by atoms with Gasteiger partial charge in [-0.2, -0.15) is 4.31 Å². The Balaban J connectivity index is 1.53. The zero-order chi connectivity index (χ0) is 22.3. The van der Waals surface area contributed by atoms with Crippen molar-refractivity contribution in [3.63, 3.8) is 0 Å². The van der Waals surface area contributed by atoms with E-state index >= 15 is 0 Å². The van der Waals surface area contributed by atoms with E-state index in [1.54, 1.807) is 0 Å². The van der Waals surface area contributed by atoms with Crippen molar-refractivity contribution in [1.82, 2.24) is 14.3 Å². The topological polar surface area (TPSA) is 105 Å². The number of rotatable bonds is 4. The number of hydrogen-bond donors (Lipinski definition) is 1. The van der Waals surface area contributed by atoms with Crippen LogP contribution in [0.3, 0.4) is 0 Å². The number of sulfonamides is 1. The van der Waals surface area contributed by atoms with Crippen LogP contribution in [-0.4, -0.2) is 61.4 Å². The highest BCUT2D eigenvalue weighted by atomic mass is 35.5. The number of benzene rings is 1. The fourth-order valence-electron chi connectivity index (χ4n) is 3.57. The first-order chi connectivity index (χ1) is 14.6. The van der Waals surface area contributed by atoms with Crippen molar-refractivity contribution in [3.05, 3.63) is 34.7 Å². The highest BCUT2D eigenvalue weighted by Gasteiger charge is 2.32. The molecule has 166 valence electrons. The van der Waals surface area contributed by atoms with Crippen molar-refractivity contribution < 1.29 is 17.9 Å². The normalized spacial score (nSPS) is 17.3. The SMILES string of the molecule is Cc1cc(N2CCN(S(=O)(=O)c3cc4c(cc3Cl)NC(=O)CO4)CC2)nc(C(C)C)n1. The average molecular weight is 466 g/mol. The van der Waals surface area contributed by atoms with Gasteiger partial charge in [0.25, 0.3) is 5.91 Å². The number of aryl methyl sites for hydroxylation is 1. The van der Waals surface area contributed by atoms with Crippen LogP contribution in [0.4, 0.5) is 11.5 Å². The first-order valence-electron chi connectivity index (χ1n) is 10.0. The minimum absolute atomic E-state index is 0.0301. The molecule has 0 bridgehead atoms. The predicted octanol–water partition coefficient (Wildman–Crippen LogP) is 2.40. The molecule has 1 aromatic heterocycles. The Morgan fingerprint density at radius 1 is 1.13 bits per heavy atom. The molecule has 1 saturated heterocycles. The van der Waals surface area contributed by atoms with Crippen molar-refractivity contribution in [2.75, 3.05) is 43.0 Å². The minimum atomic E-state index is -3.83. The first-order valence-corrected chi connectivity index (χ1v) is 11.8. The molecule has 31 heavy (non-hydrogen) atoms. The van der Waals surface area contributed by atoms with Crippen LogP contribution in [-0.2, 0) is 14.8 Å². The molecule has 1 amide bonds. The quantitative estimate of drug-likeness (QED) is 0.739. The standard InChI is InChI=1S/C20H24ClN5O4S/c1-12(2)20-22-13(3)8-18(24-20)25-4-6-26(7-5-25)31(28,29)17-10-16-15(9-14(17)21)23-19(27)11-30-16/h8-10,12H,4-7,11H2,1-3H3,(H,23,27). The summed E-state index contributed by atoms with van der Waals surface area (Å²) in [5, 5.41) is 2.67. The molecule has 0 unspecified atom stereocenters. The van der Waals surface area contributed by atoms with E-state index < -0.39 is 10.0 Å². The third-order valence-corrected chi connectivity index (χ3v) is 7.59. The fraction of sp³-hybridized carbons (Fsp3) is 0.450. The zero-order valence-corrected chi connectivity index (χ0v) is 19.1. The Kier molecular flexibility index (Phi) is 5.80. The van der Waals surface area contributed by atoms with Crippen LogP contribution < -0.4 is 15.0 Å². The Hall–Kier alpha value is -2.43. The third-order valence-electron chi connectivity index (χ3n) is 5.22. The summed E-state index contributed by atoms with van der Waals surface area (Å²) in [4.78, 5) is 22.6. The second kappa shape index (κ2) is 8.25. The van der Waals surface area contributed by atoms with E-state index in [-0.39, 0.29) is 28.4 Å². The molecule has 11 heteroatoms. The average Bonchev–Trinajstić information content (AvgIpc) is 2.72. The highest BCUT2D eigenvalue weighted by molar-refractivity contribution is 7.89. The summed E-state index contributed by atoms with van der Waals surface area (Å²) in [6.45, 7) is 7.45. The molecule has 0 aliphatic carbocycles. The Morgan fingerprint density at radius 3 is 2.52 bits per heavy atom. The van der Waals surface area contributed by atoms with Gasteiger partial charge < -0.3 is 15.0 Å². The van der Waals surface area contributed by atoms with Gasteiger partial charge in [0.15, 0.2) is 6.61 Å². The summed E-state index contributed by atoms with van der Waals surface area (Å²) in [6, 6.07) is 4.71. The summed E-state index contributed by atoms with van der Waals surface area (Å²) >= 11 is 6.26. The molecule has 0 radical (unpaired) electrons. The van der Waals surface area contributed by atoms with Gasteiger partial charge >= 0.3 is 0 Å². The number of halogens is 1. The number of carbonyl (C=O) groups excluding carboxylic acids is 1. The number of anilines is 2. The molecule has 2 aliphatic heterocycles. The smallest absolute Gasteiger partial charge is 0.262 e. The van der Waals surface area contributed by atoms with E-state index in [0.29, 0.717) is 37.6 Å². The molecule has 0 spiro atoms. The van der Waals surface area contributed by atoms with Crippen LogP contribution in [0.1, 0.15) is 31.3 Å². The van der Waals surface area contributed by atoms with E-state index in [2.05, 4.69) is 20.2 Å². The van der Waals surface area contributed by atoms with E-state index in [4.69, 9.17) is 16.3 Å². The van der Waals surface area contributed by atoms with Gasteiger partial charge in [0.05, 0.1) is 10.7 Å². The van der Waals surface area contributed by atoms with E-state index in [9.17, 15) is 13.2 Å². The number of carbonyl (C=O) groups is 1. The maximum Gasteiger partial charge on any atom is 0.262 e. The number of ether oxygens (including phenoxy) is 1. The lowest BCUT2D eigenvalue weighted by atomic mass is 10.2. The molecule has 1 fully saturated rings. The van der Waals surface area contributed by atoms with E-state index in [1.165, 1.54) is 16.4 Å². The number of hydrogen-bond acceptors (Lipinski definition) is 7. The minimum Gasteiger partial charge on any atom is -0.482 e. The number of nitrogens with one attached hydrogen (secondary N) is 1. The molecule has 4 rings (SSSR count). The van der Waals surface area contributed by atoms with Crippen LogP contribution in [0.2, 0.25) is 5.02 Å². The molecular weight excluding hydrogens is 442 g/mol. The largest absolute Gasteiger partial charge is 0.482 e. The lowest BCUT2D eigenvalue weighted by molar-refractivity contribution is -0.118. The number of fused-ring (bicyclic) bond motifs is 1. The Bertz CT molecular complexity index is 1130. The van der Waals surface area contributed by atoms with E-state index in [0.717, 1.165) is 17.3 Å². The van der Waals surface area contributed by atoms with Crippen LogP contribution in [0.5, 0.6) is 5.75 Å². The van der Waals surface area contributed by atoms with Gasteiger partial charge in [-0.15, -0.1) is 0 Å². The highest BCUT2D eigenvalue weighted by Crippen LogP contribution is 2.37. The van der Waals surface area contributed by atoms with Gasteiger partial charge in [-0.3, -0.25) is 4.79 Å². The summed E-state index contributed by atoms with van der Waals surface area (Å²) in [6.07, 6.45) is 0. The van der Waals surface area contributed by atoms with Crippen molar-refractivity contribution in [3.8, 4) is 5.75 Å². The Labute approximate surface area is 186 Å². The van der Waals surface area contributed by atoms with Gasteiger partial charge in [0.2, 0.25) is 10.0 Å². The number of amides is 1. The van der Waals surface area contributed by atoms with Gasteiger partial charge in [0.1, 0.15) is 22.3 Å². The molecule has 1 N–H and O–H groups in total. The van der Waals surface area contributed by atoms with Crippen molar-refractivity contribution in [2.24, 2.45) is 0 Å². The van der Waals surface area contributed by atoms with Crippen LogP contribution in [0.15, 0.2) is 23.1 Å². The summed E-state index contributed by atoms with van der Waals surface area (Å²) < 4.78 is 33.3. The van der Waals surface area contributed by atoms with Crippen molar-refractivity contribution in [1.29, 1.82) is 0 Å². The lowest BCUT2D eigenvalue weighted by Gasteiger charge is -2.35. The molecular formula is C20H24ClN5O4S. The van der Waals surface area contributed by atoms with Gasteiger partial charge in [-0.05, 0) is 13.0 Å². The van der Waals surface area contributed by atoms with Crippen molar-refractivity contribution >= 4 is 39.0 Å². The van der Waals surface area contributed by atoms with E-state index in [1.807, 2.05) is 26.8 Å². The van der Waals surface area contributed by atoms with Crippen molar-refractivity contribution in [2.45, 2.75) is 31.6 Å². The molecule has 0 saturated carbocycles. The number of nitrogens with zero attached hydrogens (tertiary/aromatic N) is 4. The summed E-state index contributed by atoms with van der Waals surface area (Å²) in [7, 11) is -3.83. The molecule has 2 aliphatic rings. The van der Waals surface area contributed by atoms with Gasteiger partial charge in [-0.25, -0.2) is 18.4 Å². The maximum absolute atomic E-state index is 13.3. The monoisotopic (exact) mass is 465 g/mol. The predicted molar refractivity (Wildman–Crippen MR) is 117 cm³/mol. The van der Waals surface area contributed by atoms with Gasteiger partial charge in [-0.1, -0.05) is 25.4 Å². The zero-order valence-electron chi connectivity index (χ0n) is 17.6. The van der Waals surface area contributed by atoms with Crippen LogP contribution in [0.25, 0.3) is 0 Å². The third kappa shape index (κ3) is 4.32. The number of aromatic nitrogens is 2. The molecule has 9 nitrogen and oxygen atoms in total. The fourth-order valence-corrected chi connectivity index (χ4v) is 5.51. The van der Waals surface area contributed by atoms with Gasteiger partial charge in [0, 0.05) is 49.9 Å². The molecule has 0 atom stereocenters. The second-order valence-electron chi connectivity index (χ2n) is 7.89. The lowest BCUT2D eigenvalue weighted by Crippen LogP contribution is -2.49. The Morgan fingerprint density at radius 2 is 1.84 bits per heavy atom. The number of piperazine rings is 1. The molecule has 2 aromatic rings. The van der Waals surface area contributed by atoms with Crippen LogP contribution >= 0.6 is 11.6 Å². The summed E-state index contributed by atoms with van der Waals surface area (Å²) in [5.74, 6) is 1.77. The molecule has 3 heterocycles. The maximum atomic E-state index is 13.3. The molecule has 1 aromatic carbocycles. The first kappa shape index (κ1) is 21.8.